The number of pyridine rings is 1. The lowest BCUT2D eigenvalue weighted by Crippen LogP contribution is -2.07. The fourth-order valence-corrected chi connectivity index (χ4v) is 2.29. The van der Waals surface area contributed by atoms with E-state index >= 15 is 0 Å². The van der Waals surface area contributed by atoms with Gasteiger partial charge in [0, 0.05) is 5.56 Å². The third kappa shape index (κ3) is 3.12. The number of rotatable bonds is 5. The zero-order chi connectivity index (χ0) is 16.9. The molecule has 0 bridgehead atoms. The summed E-state index contributed by atoms with van der Waals surface area (Å²) in [6.07, 6.45) is 1.61. The molecule has 6 nitrogen and oxygen atoms in total. The van der Waals surface area contributed by atoms with Crippen molar-refractivity contribution < 1.29 is 14.3 Å². The molecule has 0 unspecified atom stereocenters. The van der Waals surface area contributed by atoms with E-state index in [9.17, 15) is 4.79 Å². The molecule has 6 heteroatoms. The van der Waals surface area contributed by atoms with Gasteiger partial charge in [-0.1, -0.05) is 30.3 Å². The molecule has 0 fully saturated rings. The minimum atomic E-state index is -0.457. The van der Waals surface area contributed by atoms with Gasteiger partial charge in [0.25, 0.3) is 0 Å². The summed E-state index contributed by atoms with van der Waals surface area (Å²) < 4.78 is 11.8. The Bertz CT molecular complexity index is 826. The molecule has 0 saturated carbocycles. The van der Waals surface area contributed by atoms with Gasteiger partial charge in [-0.25, -0.2) is 14.5 Å². The molecule has 2 aromatic heterocycles. The number of carbonyl (C=O) groups is 1. The minimum Gasteiger partial charge on any atom is -0.495 e. The smallest absolute Gasteiger partial charge is 0.358 e. The van der Waals surface area contributed by atoms with Gasteiger partial charge in [-0.2, -0.15) is 5.10 Å². The van der Waals surface area contributed by atoms with Gasteiger partial charge >= 0.3 is 5.97 Å². The Kier molecular flexibility index (Phi) is 4.56. The lowest BCUT2D eigenvalue weighted by atomic mass is 10.1. The van der Waals surface area contributed by atoms with Crippen molar-refractivity contribution in [2.75, 3.05) is 13.7 Å². The molecule has 0 spiro atoms. The van der Waals surface area contributed by atoms with E-state index in [4.69, 9.17) is 9.47 Å². The predicted molar refractivity (Wildman–Crippen MR) is 89.3 cm³/mol. The van der Waals surface area contributed by atoms with Crippen LogP contribution in [-0.2, 0) is 4.74 Å². The van der Waals surface area contributed by atoms with Crippen LogP contribution in [-0.4, -0.2) is 34.5 Å². The maximum Gasteiger partial charge on any atom is 0.358 e. The van der Waals surface area contributed by atoms with Gasteiger partial charge in [0.2, 0.25) is 0 Å². The van der Waals surface area contributed by atoms with E-state index in [0.717, 1.165) is 11.3 Å². The van der Waals surface area contributed by atoms with Crippen molar-refractivity contribution in [2.24, 2.45) is 0 Å². The van der Waals surface area contributed by atoms with Crippen molar-refractivity contribution >= 4 is 5.97 Å². The van der Waals surface area contributed by atoms with E-state index in [0.29, 0.717) is 18.2 Å². The molecule has 122 valence electrons. The van der Waals surface area contributed by atoms with Crippen molar-refractivity contribution in [1.82, 2.24) is 14.8 Å². The van der Waals surface area contributed by atoms with Crippen molar-refractivity contribution in [3.05, 3.63) is 60.4 Å². The zero-order valence-electron chi connectivity index (χ0n) is 13.5. The summed E-state index contributed by atoms with van der Waals surface area (Å²) in [6.45, 7) is 2.06. The van der Waals surface area contributed by atoms with Crippen LogP contribution in [0.15, 0.2) is 54.7 Å². The number of benzene rings is 1. The maximum atomic E-state index is 12.0. The topological polar surface area (TPSA) is 66.2 Å². The van der Waals surface area contributed by atoms with Crippen molar-refractivity contribution in [3.63, 3.8) is 0 Å². The lowest BCUT2D eigenvalue weighted by molar-refractivity contribution is 0.0519. The third-order valence-electron chi connectivity index (χ3n) is 3.44. The van der Waals surface area contributed by atoms with E-state index < -0.39 is 5.97 Å². The Morgan fingerprint density at radius 3 is 2.58 bits per heavy atom. The third-order valence-corrected chi connectivity index (χ3v) is 3.44. The largest absolute Gasteiger partial charge is 0.495 e. The second-order valence-corrected chi connectivity index (χ2v) is 4.97. The van der Waals surface area contributed by atoms with Crippen molar-refractivity contribution in [2.45, 2.75) is 6.92 Å². The van der Waals surface area contributed by atoms with Crippen LogP contribution in [0.1, 0.15) is 17.4 Å². The number of methoxy groups -OCH3 is 1. The molecule has 0 radical (unpaired) electrons. The Hall–Kier alpha value is -3.15. The summed E-state index contributed by atoms with van der Waals surface area (Å²) in [4.78, 5) is 16.4. The second-order valence-electron chi connectivity index (χ2n) is 4.97. The molecule has 0 aliphatic rings. The lowest BCUT2D eigenvalue weighted by Gasteiger charge is -2.07. The molecule has 0 N–H and O–H groups in total. The number of carbonyl (C=O) groups excluding carboxylic acids is 1. The Balaban J connectivity index is 2.09. The van der Waals surface area contributed by atoms with Crippen LogP contribution in [0, 0.1) is 0 Å². The molecule has 3 rings (SSSR count). The molecule has 0 saturated heterocycles. The van der Waals surface area contributed by atoms with Crippen LogP contribution in [0.3, 0.4) is 0 Å². The van der Waals surface area contributed by atoms with Crippen LogP contribution in [0.25, 0.3) is 17.1 Å². The van der Waals surface area contributed by atoms with Crippen LogP contribution in [0.4, 0.5) is 0 Å². The van der Waals surface area contributed by atoms with Crippen molar-refractivity contribution in [3.8, 4) is 22.8 Å². The summed E-state index contributed by atoms with van der Waals surface area (Å²) in [7, 11) is 1.58. The first-order valence-corrected chi connectivity index (χ1v) is 7.56. The summed E-state index contributed by atoms with van der Waals surface area (Å²) in [5.41, 5.74) is 1.93. The Morgan fingerprint density at radius 2 is 1.96 bits per heavy atom. The van der Waals surface area contributed by atoms with E-state index in [1.165, 1.54) is 0 Å². The maximum absolute atomic E-state index is 12.0. The van der Waals surface area contributed by atoms with Gasteiger partial charge in [0.05, 0.1) is 25.6 Å². The molecule has 3 aromatic rings. The van der Waals surface area contributed by atoms with Gasteiger partial charge in [-0.15, -0.1) is 0 Å². The molecule has 0 aliphatic heterocycles. The number of esters is 1. The van der Waals surface area contributed by atoms with Gasteiger partial charge in [-0.05, 0) is 25.1 Å². The van der Waals surface area contributed by atoms with E-state index in [1.807, 2.05) is 30.3 Å². The molecular formula is C18H17N3O3. The van der Waals surface area contributed by atoms with Crippen LogP contribution in [0.2, 0.25) is 0 Å². The highest BCUT2D eigenvalue weighted by Crippen LogP contribution is 2.24. The number of aromatic nitrogens is 3. The second kappa shape index (κ2) is 6.95. The fraction of sp³-hybridized carbons (Fsp3) is 0.167. The van der Waals surface area contributed by atoms with Gasteiger partial charge < -0.3 is 9.47 Å². The first kappa shape index (κ1) is 15.7. The highest BCUT2D eigenvalue weighted by atomic mass is 16.5. The SMILES string of the molecule is CCOC(=O)c1cc(-c2ccccc2)n(-c2ccc(OC)cn2)n1. The highest BCUT2D eigenvalue weighted by molar-refractivity contribution is 5.89. The summed E-state index contributed by atoms with van der Waals surface area (Å²) in [5, 5.41) is 4.37. The van der Waals surface area contributed by atoms with Crippen LogP contribution in [0.5, 0.6) is 5.75 Å². The summed E-state index contributed by atoms with van der Waals surface area (Å²) in [6, 6.07) is 15.0. The average molecular weight is 323 g/mol. The summed E-state index contributed by atoms with van der Waals surface area (Å²) in [5.74, 6) is 0.782. The first-order chi connectivity index (χ1) is 11.7. The number of hydrogen-bond donors (Lipinski definition) is 0. The molecule has 0 amide bonds. The van der Waals surface area contributed by atoms with E-state index in [2.05, 4.69) is 10.1 Å². The molecule has 24 heavy (non-hydrogen) atoms. The highest BCUT2D eigenvalue weighted by Gasteiger charge is 2.18. The molecule has 0 aliphatic carbocycles. The minimum absolute atomic E-state index is 0.244. The number of ether oxygens (including phenoxy) is 2. The normalized spacial score (nSPS) is 10.4. The predicted octanol–water partition coefficient (Wildman–Crippen LogP) is 3.12. The van der Waals surface area contributed by atoms with E-state index in [-0.39, 0.29) is 5.69 Å². The number of hydrogen-bond acceptors (Lipinski definition) is 5. The quantitative estimate of drug-likeness (QED) is 0.675. The first-order valence-electron chi connectivity index (χ1n) is 7.56. The molecular weight excluding hydrogens is 306 g/mol. The van der Waals surface area contributed by atoms with Gasteiger partial charge in [0.1, 0.15) is 5.75 Å². The molecule has 1 aromatic carbocycles. The zero-order valence-corrected chi connectivity index (χ0v) is 13.5. The monoisotopic (exact) mass is 323 g/mol. The van der Waals surface area contributed by atoms with Crippen LogP contribution < -0.4 is 4.74 Å². The molecule has 2 heterocycles. The van der Waals surface area contributed by atoms with Crippen molar-refractivity contribution in [1.29, 1.82) is 0 Å². The Morgan fingerprint density at radius 1 is 1.17 bits per heavy atom. The average Bonchev–Trinajstić information content (AvgIpc) is 3.08. The fourth-order valence-electron chi connectivity index (χ4n) is 2.29. The molecule has 0 atom stereocenters. The van der Waals surface area contributed by atoms with Gasteiger partial charge in [0.15, 0.2) is 11.5 Å². The van der Waals surface area contributed by atoms with Crippen LogP contribution >= 0.6 is 0 Å². The van der Waals surface area contributed by atoms with E-state index in [1.54, 1.807) is 43.1 Å². The number of nitrogens with zero attached hydrogens (tertiary/aromatic N) is 3. The summed E-state index contributed by atoms with van der Waals surface area (Å²) >= 11 is 0. The Labute approximate surface area is 139 Å². The van der Waals surface area contributed by atoms with Gasteiger partial charge in [-0.3, -0.25) is 0 Å². The standard InChI is InChI=1S/C18H17N3O3/c1-3-24-18(22)15-11-16(13-7-5-4-6-8-13)21(20-15)17-10-9-14(23-2)12-19-17/h4-12H,3H2,1-2H3.